The Morgan fingerprint density at radius 3 is 3.00 bits per heavy atom. The predicted molar refractivity (Wildman–Crippen MR) is 45.3 cm³/mol. The van der Waals surface area contributed by atoms with Crippen molar-refractivity contribution in [2.45, 2.75) is 26.2 Å². The second kappa shape index (κ2) is 2.47. The van der Waals surface area contributed by atoms with Crippen LogP contribution in [0.25, 0.3) is 0 Å². The highest BCUT2D eigenvalue weighted by atomic mass is 16.5. The van der Waals surface area contributed by atoms with Crippen molar-refractivity contribution in [3.63, 3.8) is 0 Å². The summed E-state index contributed by atoms with van der Waals surface area (Å²) in [6, 6.07) is 0. The van der Waals surface area contributed by atoms with Crippen molar-refractivity contribution in [1.82, 2.24) is 0 Å². The van der Waals surface area contributed by atoms with E-state index in [4.69, 9.17) is 4.74 Å². The van der Waals surface area contributed by atoms with Gasteiger partial charge in [0.1, 0.15) is 11.5 Å². The van der Waals surface area contributed by atoms with Crippen LogP contribution in [0, 0.1) is 5.92 Å². The second-order valence-electron chi connectivity index (χ2n) is 3.52. The summed E-state index contributed by atoms with van der Waals surface area (Å²) in [6.45, 7) is 5.83. The fourth-order valence-electron chi connectivity index (χ4n) is 1.80. The summed E-state index contributed by atoms with van der Waals surface area (Å²) >= 11 is 0. The number of ether oxygens (including phenoxy) is 1. The maximum absolute atomic E-state index is 11.4. The molecule has 0 aromatic heterocycles. The van der Waals surface area contributed by atoms with Gasteiger partial charge in [-0.05, 0) is 6.42 Å². The molecule has 0 radical (unpaired) electrons. The van der Waals surface area contributed by atoms with E-state index in [1.165, 1.54) is 0 Å². The first-order valence-electron chi connectivity index (χ1n) is 4.30. The Morgan fingerprint density at radius 1 is 1.58 bits per heavy atom. The highest BCUT2D eigenvalue weighted by molar-refractivity contribution is 5.97. The Morgan fingerprint density at radius 2 is 2.33 bits per heavy atom. The highest BCUT2D eigenvalue weighted by Crippen LogP contribution is 2.38. The molecule has 0 saturated heterocycles. The van der Waals surface area contributed by atoms with E-state index in [1.54, 1.807) is 0 Å². The van der Waals surface area contributed by atoms with Crippen LogP contribution in [0.1, 0.15) is 26.2 Å². The van der Waals surface area contributed by atoms with Crippen molar-refractivity contribution in [2.24, 2.45) is 5.92 Å². The number of hydrogen-bond donors (Lipinski definition) is 0. The van der Waals surface area contributed by atoms with Crippen molar-refractivity contribution in [1.29, 1.82) is 0 Å². The van der Waals surface area contributed by atoms with Crippen molar-refractivity contribution in [3.8, 4) is 0 Å². The van der Waals surface area contributed by atoms with E-state index in [0.29, 0.717) is 18.8 Å². The number of ketones is 1. The topological polar surface area (TPSA) is 26.3 Å². The molecule has 0 spiro atoms. The second-order valence-corrected chi connectivity index (χ2v) is 3.52. The third-order valence-corrected chi connectivity index (χ3v) is 2.51. The smallest absolute Gasteiger partial charge is 0.162 e. The van der Waals surface area contributed by atoms with Gasteiger partial charge in [0.25, 0.3) is 0 Å². The molecule has 0 aromatic rings. The van der Waals surface area contributed by atoms with Crippen molar-refractivity contribution >= 4 is 5.78 Å². The normalized spacial score (nSPS) is 28.9. The Hall–Kier alpha value is -1.05. The number of Topliss-reactive ketones (excluding diaryl/α,β-unsaturated/α-hetero) is 1. The van der Waals surface area contributed by atoms with Crippen LogP contribution in [-0.2, 0) is 9.53 Å². The summed E-state index contributed by atoms with van der Waals surface area (Å²) in [5.41, 5.74) is 0.874. The summed E-state index contributed by atoms with van der Waals surface area (Å²) in [5, 5.41) is 0. The van der Waals surface area contributed by atoms with Crippen LogP contribution in [0.5, 0.6) is 0 Å². The lowest BCUT2D eigenvalue weighted by atomic mass is 9.88. The van der Waals surface area contributed by atoms with E-state index in [9.17, 15) is 4.79 Å². The lowest BCUT2D eigenvalue weighted by Gasteiger charge is -2.18. The van der Waals surface area contributed by atoms with Gasteiger partial charge in [0.05, 0.1) is 0 Å². The van der Waals surface area contributed by atoms with E-state index in [1.807, 2.05) is 0 Å². The fraction of sp³-hybridized carbons (Fsp3) is 0.500. The molecule has 2 rings (SSSR count). The van der Waals surface area contributed by atoms with Crippen LogP contribution in [0.2, 0.25) is 0 Å². The lowest BCUT2D eigenvalue weighted by Crippen LogP contribution is -2.14. The van der Waals surface area contributed by atoms with Gasteiger partial charge in [0, 0.05) is 24.3 Å². The first-order chi connectivity index (χ1) is 5.68. The highest BCUT2D eigenvalue weighted by Gasteiger charge is 2.32. The van der Waals surface area contributed by atoms with Gasteiger partial charge in [-0.15, -0.1) is 0 Å². The summed E-state index contributed by atoms with van der Waals surface area (Å²) in [4.78, 5) is 11.4. The number of allylic oxidation sites excluding steroid dienone is 2. The zero-order valence-electron chi connectivity index (χ0n) is 7.22. The number of carbonyl (C=O) groups excluding carboxylic acids is 1. The zero-order valence-corrected chi connectivity index (χ0v) is 7.22. The largest absolute Gasteiger partial charge is 0.466 e. The van der Waals surface area contributed by atoms with Crippen LogP contribution in [0.3, 0.4) is 0 Å². The monoisotopic (exact) mass is 164 g/mol. The Bertz CT molecular complexity index is 286. The zero-order chi connectivity index (χ0) is 8.72. The molecule has 64 valence electrons. The van der Waals surface area contributed by atoms with Gasteiger partial charge in [-0.1, -0.05) is 13.5 Å². The Kier molecular flexibility index (Phi) is 1.56. The molecule has 0 bridgehead atoms. The standard InChI is InChI=1S/C10H12O2/c1-6-3-4-9(11)8-5-7(2)12-10(6)8/h6H,2-5H2,1H3. The third-order valence-electron chi connectivity index (χ3n) is 2.51. The molecular weight excluding hydrogens is 152 g/mol. The molecule has 0 aromatic carbocycles. The SMILES string of the molecule is C=C1CC2=C(O1)C(C)CCC2=O. The van der Waals surface area contributed by atoms with Crippen molar-refractivity contribution in [2.75, 3.05) is 0 Å². The van der Waals surface area contributed by atoms with Crippen LogP contribution in [-0.4, -0.2) is 5.78 Å². The van der Waals surface area contributed by atoms with E-state index in [-0.39, 0.29) is 5.78 Å². The van der Waals surface area contributed by atoms with Crippen LogP contribution < -0.4 is 0 Å². The molecule has 2 nitrogen and oxygen atoms in total. The van der Waals surface area contributed by atoms with Crippen molar-refractivity contribution < 1.29 is 9.53 Å². The summed E-state index contributed by atoms with van der Waals surface area (Å²) in [6.07, 6.45) is 2.24. The molecule has 2 aliphatic rings. The lowest BCUT2D eigenvalue weighted by molar-refractivity contribution is -0.116. The van der Waals surface area contributed by atoms with Gasteiger partial charge in [0.15, 0.2) is 5.78 Å². The van der Waals surface area contributed by atoms with Crippen LogP contribution >= 0.6 is 0 Å². The first-order valence-corrected chi connectivity index (χ1v) is 4.30. The molecule has 1 atom stereocenters. The van der Waals surface area contributed by atoms with Gasteiger partial charge >= 0.3 is 0 Å². The molecule has 2 heteroatoms. The minimum Gasteiger partial charge on any atom is -0.466 e. The molecule has 0 fully saturated rings. The molecule has 1 heterocycles. The molecule has 1 aliphatic heterocycles. The molecule has 0 N–H and O–H groups in total. The fourth-order valence-corrected chi connectivity index (χ4v) is 1.80. The maximum atomic E-state index is 11.4. The van der Waals surface area contributed by atoms with Gasteiger partial charge in [-0.25, -0.2) is 0 Å². The quantitative estimate of drug-likeness (QED) is 0.548. The third kappa shape index (κ3) is 0.986. The predicted octanol–water partition coefficient (Wildman–Crippen LogP) is 2.17. The maximum Gasteiger partial charge on any atom is 0.162 e. The van der Waals surface area contributed by atoms with Gasteiger partial charge in [0.2, 0.25) is 0 Å². The average Bonchev–Trinajstić information content (AvgIpc) is 2.41. The first kappa shape index (κ1) is 7.59. The number of carbonyl (C=O) groups is 1. The van der Waals surface area contributed by atoms with Gasteiger partial charge < -0.3 is 4.74 Å². The van der Waals surface area contributed by atoms with Gasteiger partial charge in [-0.3, -0.25) is 4.79 Å². The van der Waals surface area contributed by atoms with Gasteiger partial charge in [-0.2, -0.15) is 0 Å². The van der Waals surface area contributed by atoms with E-state index in [0.717, 1.165) is 23.5 Å². The minimum absolute atomic E-state index is 0.252. The van der Waals surface area contributed by atoms with E-state index >= 15 is 0 Å². The minimum atomic E-state index is 0.252. The van der Waals surface area contributed by atoms with Crippen molar-refractivity contribution in [3.05, 3.63) is 23.7 Å². The van der Waals surface area contributed by atoms with E-state index in [2.05, 4.69) is 13.5 Å². The molecule has 0 saturated carbocycles. The molecule has 0 amide bonds. The van der Waals surface area contributed by atoms with Crippen LogP contribution in [0.15, 0.2) is 23.7 Å². The summed E-state index contributed by atoms with van der Waals surface area (Å²) in [5.74, 6) is 2.26. The number of hydrogen-bond acceptors (Lipinski definition) is 2. The average molecular weight is 164 g/mol. The molecule has 1 unspecified atom stereocenters. The van der Waals surface area contributed by atoms with Crippen LogP contribution in [0.4, 0.5) is 0 Å². The summed E-state index contributed by atoms with van der Waals surface area (Å²) in [7, 11) is 0. The Labute approximate surface area is 71.9 Å². The molecular formula is C10H12O2. The number of rotatable bonds is 0. The van der Waals surface area contributed by atoms with E-state index < -0.39 is 0 Å². The molecule has 12 heavy (non-hydrogen) atoms. The molecule has 1 aliphatic carbocycles. The summed E-state index contributed by atoms with van der Waals surface area (Å²) < 4.78 is 5.41. The Balaban J connectivity index is 2.37.